The first-order valence-electron chi connectivity index (χ1n) is 8.26. The molecule has 2 aromatic rings. The summed E-state index contributed by atoms with van der Waals surface area (Å²) in [6.45, 7) is 6.90. The van der Waals surface area contributed by atoms with E-state index in [0.29, 0.717) is 13.0 Å². The van der Waals surface area contributed by atoms with Gasteiger partial charge in [-0.3, -0.25) is 4.79 Å². The molecule has 0 saturated carbocycles. The zero-order valence-corrected chi connectivity index (χ0v) is 15.2. The molecule has 0 unspecified atom stereocenters. The van der Waals surface area contributed by atoms with Crippen LogP contribution >= 0.6 is 0 Å². The zero-order chi connectivity index (χ0) is 17.7. The lowest BCUT2D eigenvalue weighted by molar-refractivity contribution is -0.115. The highest BCUT2D eigenvalue weighted by Crippen LogP contribution is 2.22. The number of rotatable bonds is 6. The highest BCUT2D eigenvalue weighted by Gasteiger charge is 2.06. The average Bonchev–Trinajstić information content (AvgIpc) is 2.50. The lowest BCUT2D eigenvalue weighted by atomic mass is 10.1. The molecule has 0 bridgehead atoms. The number of hydrogen-bond donors (Lipinski definition) is 2. The van der Waals surface area contributed by atoms with Gasteiger partial charge in [0.1, 0.15) is 0 Å². The maximum Gasteiger partial charge on any atom is 0.226 e. The van der Waals surface area contributed by atoms with Gasteiger partial charge < -0.3 is 15.5 Å². The maximum absolute atomic E-state index is 12.1. The number of nitrogens with zero attached hydrogens (tertiary/aromatic N) is 1. The molecule has 2 aromatic carbocycles. The molecule has 0 aliphatic rings. The van der Waals surface area contributed by atoms with Crippen LogP contribution in [-0.2, 0) is 4.79 Å². The van der Waals surface area contributed by atoms with E-state index in [9.17, 15) is 4.79 Å². The van der Waals surface area contributed by atoms with Crippen molar-refractivity contribution in [3.05, 3.63) is 53.1 Å². The monoisotopic (exact) mass is 325 g/mol. The smallest absolute Gasteiger partial charge is 0.226 e. The third kappa shape index (κ3) is 4.75. The fraction of sp³-hybridized carbons (Fsp3) is 0.350. The second kappa shape index (κ2) is 7.86. The minimum Gasteiger partial charge on any atom is -0.384 e. The second-order valence-corrected chi connectivity index (χ2v) is 6.44. The summed E-state index contributed by atoms with van der Waals surface area (Å²) in [6, 6.07) is 12.1. The summed E-state index contributed by atoms with van der Waals surface area (Å²) in [5.41, 5.74) is 6.76. The topological polar surface area (TPSA) is 44.4 Å². The van der Waals surface area contributed by atoms with E-state index >= 15 is 0 Å². The molecule has 0 fully saturated rings. The summed E-state index contributed by atoms with van der Waals surface area (Å²) >= 11 is 0. The van der Waals surface area contributed by atoms with Gasteiger partial charge in [-0.05, 0) is 56.2 Å². The molecule has 2 N–H and O–H groups in total. The summed E-state index contributed by atoms with van der Waals surface area (Å²) in [5.74, 6) is 0.0162. The Labute approximate surface area is 144 Å². The van der Waals surface area contributed by atoms with E-state index in [-0.39, 0.29) is 5.91 Å². The minimum atomic E-state index is 0.0162. The van der Waals surface area contributed by atoms with Crippen LogP contribution in [0.5, 0.6) is 0 Å². The van der Waals surface area contributed by atoms with E-state index in [2.05, 4.69) is 43.5 Å². The average molecular weight is 325 g/mol. The van der Waals surface area contributed by atoms with Crippen LogP contribution in [-0.4, -0.2) is 26.5 Å². The summed E-state index contributed by atoms with van der Waals surface area (Å²) in [6.07, 6.45) is 0.433. The van der Waals surface area contributed by atoms with Crippen molar-refractivity contribution < 1.29 is 4.79 Å². The molecule has 0 heterocycles. The largest absolute Gasteiger partial charge is 0.384 e. The molecule has 24 heavy (non-hydrogen) atoms. The Morgan fingerprint density at radius 3 is 2.12 bits per heavy atom. The molecular weight excluding hydrogens is 298 g/mol. The number of carbonyl (C=O) groups is 1. The quantitative estimate of drug-likeness (QED) is 0.840. The number of benzene rings is 2. The van der Waals surface area contributed by atoms with Gasteiger partial charge in [-0.2, -0.15) is 0 Å². The molecule has 0 aliphatic heterocycles. The molecular formula is C20H27N3O. The van der Waals surface area contributed by atoms with E-state index in [1.54, 1.807) is 0 Å². The van der Waals surface area contributed by atoms with Crippen molar-refractivity contribution in [1.29, 1.82) is 0 Å². The molecule has 4 heteroatoms. The van der Waals surface area contributed by atoms with Gasteiger partial charge in [0.25, 0.3) is 0 Å². The molecule has 2 rings (SSSR count). The van der Waals surface area contributed by atoms with Crippen LogP contribution in [0.25, 0.3) is 0 Å². The van der Waals surface area contributed by atoms with Crippen molar-refractivity contribution in [2.24, 2.45) is 0 Å². The molecule has 0 aliphatic carbocycles. The third-order valence-electron chi connectivity index (χ3n) is 4.00. The van der Waals surface area contributed by atoms with Gasteiger partial charge in [-0.25, -0.2) is 0 Å². The maximum atomic E-state index is 12.1. The fourth-order valence-electron chi connectivity index (χ4n) is 2.83. The van der Waals surface area contributed by atoms with Gasteiger partial charge in [-0.15, -0.1) is 0 Å². The number of hydrogen-bond acceptors (Lipinski definition) is 3. The molecule has 0 spiro atoms. The predicted octanol–water partition coefficient (Wildman–Crippen LogP) is 4.12. The van der Waals surface area contributed by atoms with Gasteiger partial charge in [-0.1, -0.05) is 17.7 Å². The Morgan fingerprint density at radius 1 is 1.00 bits per heavy atom. The van der Waals surface area contributed by atoms with Crippen molar-refractivity contribution in [2.75, 3.05) is 36.2 Å². The SMILES string of the molecule is Cc1cc(C)c(NCCC(=O)Nc2ccc(N(C)C)cc2)c(C)c1. The van der Waals surface area contributed by atoms with Crippen molar-refractivity contribution in [2.45, 2.75) is 27.2 Å². The number of amides is 1. The van der Waals surface area contributed by atoms with Crippen molar-refractivity contribution in [1.82, 2.24) is 0 Å². The standard InChI is InChI=1S/C20H27N3O/c1-14-12-15(2)20(16(3)13-14)21-11-10-19(24)22-17-6-8-18(9-7-17)23(4)5/h6-9,12-13,21H,10-11H2,1-5H3,(H,22,24). The molecule has 0 atom stereocenters. The van der Waals surface area contributed by atoms with E-state index in [1.165, 1.54) is 16.7 Å². The Morgan fingerprint density at radius 2 is 1.58 bits per heavy atom. The number of nitrogens with one attached hydrogen (secondary N) is 2. The Bertz CT molecular complexity index is 682. The second-order valence-electron chi connectivity index (χ2n) is 6.44. The van der Waals surface area contributed by atoms with Crippen LogP contribution in [0.2, 0.25) is 0 Å². The van der Waals surface area contributed by atoms with Crippen molar-refractivity contribution in [3.63, 3.8) is 0 Å². The van der Waals surface area contributed by atoms with Crippen molar-refractivity contribution >= 4 is 23.0 Å². The summed E-state index contributed by atoms with van der Waals surface area (Å²) < 4.78 is 0. The first-order valence-corrected chi connectivity index (χ1v) is 8.26. The molecule has 1 amide bonds. The molecule has 4 nitrogen and oxygen atoms in total. The first-order chi connectivity index (χ1) is 11.4. The van der Waals surface area contributed by atoms with Crippen LogP contribution in [0.15, 0.2) is 36.4 Å². The van der Waals surface area contributed by atoms with Gasteiger partial charge in [0.2, 0.25) is 5.91 Å². The van der Waals surface area contributed by atoms with Crippen LogP contribution < -0.4 is 15.5 Å². The fourth-order valence-corrected chi connectivity index (χ4v) is 2.83. The van der Waals surface area contributed by atoms with E-state index < -0.39 is 0 Å². The van der Waals surface area contributed by atoms with Crippen LogP contribution in [0.1, 0.15) is 23.1 Å². The highest BCUT2D eigenvalue weighted by atomic mass is 16.1. The van der Waals surface area contributed by atoms with E-state index in [4.69, 9.17) is 0 Å². The lowest BCUT2D eigenvalue weighted by Gasteiger charge is -2.14. The molecule has 0 aromatic heterocycles. The Hall–Kier alpha value is -2.49. The van der Waals surface area contributed by atoms with Crippen molar-refractivity contribution in [3.8, 4) is 0 Å². The van der Waals surface area contributed by atoms with Crippen LogP contribution in [0.3, 0.4) is 0 Å². The minimum absolute atomic E-state index is 0.0162. The molecule has 0 saturated heterocycles. The van der Waals surface area contributed by atoms with Crippen LogP contribution in [0.4, 0.5) is 17.1 Å². The summed E-state index contributed by atoms with van der Waals surface area (Å²) in [7, 11) is 3.99. The summed E-state index contributed by atoms with van der Waals surface area (Å²) in [4.78, 5) is 14.1. The zero-order valence-electron chi connectivity index (χ0n) is 15.2. The Kier molecular flexibility index (Phi) is 5.85. The Balaban J connectivity index is 1.85. The van der Waals surface area contributed by atoms with E-state index in [1.807, 2.05) is 43.3 Å². The number of anilines is 3. The van der Waals surface area contributed by atoms with E-state index in [0.717, 1.165) is 17.1 Å². The first kappa shape index (κ1) is 17.9. The highest BCUT2D eigenvalue weighted by molar-refractivity contribution is 5.91. The van der Waals surface area contributed by atoms with Gasteiger partial charge >= 0.3 is 0 Å². The third-order valence-corrected chi connectivity index (χ3v) is 4.00. The molecule has 128 valence electrons. The lowest BCUT2D eigenvalue weighted by Crippen LogP contribution is -2.17. The predicted molar refractivity (Wildman–Crippen MR) is 103 cm³/mol. The van der Waals surface area contributed by atoms with Gasteiger partial charge in [0.15, 0.2) is 0 Å². The molecule has 0 radical (unpaired) electrons. The normalized spacial score (nSPS) is 10.4. The summed E-state index contributed by atoms with van der Waals surface area (Å²) in [5, 5.41) is 6.32. The van der Waals surface area contributed by atoms with Crippen LogP contribution in [0, 0.1) is 20.8 Å². The van der Waals surface area contributed by atoms with Gasteiger partial charge in [0, 0.05) is 44.1 Å². The van der Waals surface area contributed by atoms with Gasteiger partial charge in [0.05, 0.1) is 0 Å². The number of aryl methyl sites for hydroxylation is 3. The number of carbonyl (C=O) groups excluding carboxylic acids is 1.